The standard InChI is InChI=1S/C30H36N2O3S/c1-2-3-4-5-9-20-32(30(35)31-19-18-24-12-7-6-8-13-24)26-15-11-17-28(23-26)36-27-16-10-14-25(21-27)22-29(33)34/h6-8,10-17,21,23H,2-5,9,18-20,22H2,1H3,(H,31,35)(H,33,34). The van der Waals surface area contributed by atoms with E-state index in [1.807, 2.05) is 71.6 Å². The zero-order chi connectivity index (χ0) is 25.6. The van der Waals surface area contributed by atoms with E-state index in [0.717, 1.165) is 40.3 Å². The van der Waals surface area contributed by atoms with Gasteiger partial charge in [-0.05, 0) is 54.3 Å². The van der Waals surface area contributed by atoms with Crippen molar-refractivity contribution >= 4 is 29.4 Å². The summed E-state index contributed by atoms with van der Waals surface area (Å²) in [6.45, 7) is 3.45. The average Bonchev–Trinajstić information content (AvgIpc) is 2.87. The number of rotatable bonds is 14. The van der Waals surface area contributed by atoms with Crippen molar-refractivity contribution < 1.29 is 14.7 Å². The highest BCUT2D eigenvalue weighted by Crippen LogP contribution is 2.31. The number of anilines is 1. The molecule has 3 aromatic carbocycles. The van der Waals surface area contributed by atoms with Crippen LogP contribution in [0.1, 0.15) is 50.2 Å². The summed E-state index contributed by atoms with van der Waals surface area (Å²) in [5.41, 5.74) is 2.84. The van der Waals surface area contributed by atoms with Gasteiger partial charge >= 0.3 is 12.0 Å². The van der Waals surface area contributed by atoms with Gasteiger partial charge in [-0.25, -0.2) is 4.79 Å². The van der Waals surface area contributed by atoms with Gasteiger partial charge in [0, 0.05) is 28.6 Å². The van der Waals surface area contributed by atoms with Gasteiger partial charge in [0.25, 0.3) is 0 Å². The second-order valence-electron chi connectivity index (χ2n) is 8.85. The maximum Gasteiger partial charge on any atom is 0.321 e. The summed E-state index contributed by atoms with van der Waals surface area (Å²) in [4.78, 5) is 28.1. The van der Waals surface area contributed by atoms with Gasteiger partial charge in [-0.3, -0.25) is 9.69 Å². The Kier molecular flexibility index (Phi) is 11.4. The summed E-state index contributed by atoms with van der Waals surface area (Å²) in [5.74, 6) is -0.841. The van der Waals surface area contributed by atoms with E-state index in [-0.39, 0.29) is 12.5 Å². The Balaban J connectivity index is 1.69. The van der Waals surface area contributed by atoms with E-state index in [1.165, 1.54) is 24.8 Å². The summed E-state index contributed by atoms with van der Waals surface area (Å²) < 4.78 is 0. The minimum Gasteiger partial charge on any atom is -0.481 e. The normalized spacial score (nSPS) is 10.7. The van der Waals surface area contributed by atoms with Crippen LogP contribution >= 0.6 is 11.8 Å². The lowest BCUT2D eigenvalue weighted by Crippen LogP contribution is -2.41. The van der Waals surface area contributed by atoms with Crippen molar-refractivity contribution in [3.8, 4) is 0 Å². The molecule has 0 spiro atoms. The van der Waals surface area contributed by atoms with Crippen LogP contribution in [-0.4, -0.2) is 30.2 Å². The van der Waals surface area contributed by atoms with Gasteiger partial charge in [-0.1, -0.05) is 92.9 Å². The van der Waals surface area contributed by atoms with Crippen molar-refractivity contribution in [3.05, 3.63) is 90.0 Å². The predicted octanol–water partition coefficient (Wildman–Crippen LogP) is 7.19. The number of urea groups is 1. The zero-order valence-corrected chi connectivity index (χ0v) is 21.8. The first kappa shape index (κ1) is 27.3. The summed E-state index contributed by atoms with van der Waals surface area (Å²) in [7, 11) is 0. The quantitative estimate of drug-likeness (QED) is 0.228. The molecule has 0 radical (unpaired) electrons. The molecule has 0 aromatic heterocycles. The monoisotopic (exact) mass is 504 g/mol. The molecule has 3 rings (SSSR count). The van der Waals surface area contributed by atoms with Crippen molar-refractivity contribution in [3.63, 3.8) is 0 Å². The van der Waals surface area contributed by atoms with Crippen LogP contribution in [0, 0.1) is 0 Å². The molecule has 0 unspecified atom stereocenters. The fourth-order valence-corrected chi connectivity index (χ4v) is 4.98. The molecule has 3 aromatic rings. The number of nitrogens with zero attached hydrogens (tertiary/aromatic N) is 1. The highest BCUT2D eigenvalue weighted by atomic mass is 32.2. The Morgan fingerprint density at radius 1 is 0.833 bits per heavy atom. The Hall–Kier alpha value is -3.25. The first-order chi connectivity index (χ1) is 17.5. The minimum absolute atomic E-state index is 0.00337. The van der Waals surface area contributed by atoms with E-state index < -0.39 is 5.97 Å². The van der Waals surface area contributed by atoms with Crippen LogP contribution in [0.15, 0.2) is 88.7 Å². The topological polar surface area (TPSA) is 69.6 Å². The number of carbonyl (C=O) groups is 2. The fourth-order valence-electron chi connectivity index (χ4n) is 4.02. The second kappa shape index (κ2) is 15.0. The van der Waals surface area contributed by atoms with E-state index >= 15 is 0 Å². The lowest BCUT2D eigenvalue weighted by atomic mass is 10.1. The van der Waals surface area contributed by atoms with Gasteiger partial charge in [0.15, 0.2) is 0 Å². The maximum absolute atomic E-state index is 13.2. The maximum atomic E-state index is 13.2. The number of carbonyl (C=O) groups excluding carboxylic acids is 1. The molecule has 36 heavy (non-hydrogen) atoms. The predicted molar refractivity (Wildman–Crippen MR) is 148 cm³/mol. The van der Waals surface area contributed by atoms with Crippen LogP contribution < -0.4 is 10.2 Å². The van der Waals surface area contributed by atoms with Gasteiger partial charge in [0.1, 0.15) is 0 Å². The molecule has 0 heterocycles. The SMILES string of the molecule is CCCCCCCN(C(=O)NCCc1ccccc1)c1cccc(Sc2cccc(CC(=O)O)c2)c1. The number of carboxylic acid groups (broad SMARTS) is 1. The summed E-state index contributed by atoms with van der Waals surface area (Å²) in [6.07, 6.45) is 6.45. The highest BCUT2D eigenvalue weighted by molar-refractivity contribution is 7.99. The van der Waals surface area contributed by atoms with Crippen LogP contribution in [0.4, 0.5) is 10.5 Å². The molecular weight excluding hydrogens is 468 g/mol. The smallest absolute Gasteiger partial charge is 0.321 e. The molecule has 0 bridgehead atoms. The average molecular weight is 505 g/mol. The van der Waals surface area contributed by atoms with Crippen LogP contribution in [0.5, 0.6) is 0 Å². The molecule has 2 amide bonds. The van der Waals surface area contributed by atoms with Gasteiger partial charge in [0.2, 0.25) is 0 Å². The summed E-state index contributed by atoms with van der Waals surface area (Å²) >= 11 is 1.57. The van der Waals surface area contributed by atoms with E-state index in [2.05, 4.69) is 24.4 Å². The number of hydrogen-bond acceptors (Lipinski definition) is 3. The summed E-state index contributed by atoms with van der Waals surface area (Å²) in [5, 5.41) is 12.2. The molecule has 0 aliphatic carbocycles. The molecule has 0 aliphatic heterocycles. The molecular formula is C30H36N2O3S. The number of nitrogens with one attached hydrogen (secondary N) is 1. The third kappa shape index (κ3) is 9.42. The molecule has 0 saturated heterocycles. The molecule has 0 fully saturated rings. The van der Waals surface area contributed by atoms with Crippen molar-refractivity contribution in [2.45, 2.75) is 61.7 Å². The Morgan fingerprint density at radius 2 is 1.53 bits per heavy atom. The lowest BCUT2D eigenvalue weighted by molar-refractivity contribution is -0.136. The van der Waals surface area contributed by atoms with Gasteiger partial charge < -0.3 is 10.4 Å². The van der Waals surface area contributed by atoms with Crippen molar-refractivity contribution in [1.29, 1.82) is 0 Å². The lowest BCUT2D eigenvalue weighted by Gasteiger charge is -2.24. The molecule has 5 nitrogen and oxygen atoms in total. The number of hydrogen-bond donors (Lipinski definition) is 2. The third-order valence-electron chi connectivity index (χ3n) is 5.88. The number of carboxylic acids is 1. The molecule has 0 aliphatic rings. The third-order valence-corrected chi connectivity index (χ3v) is 6.86. The largest absolute Gasteiger partial charge is 0.481 e. The van der Waals surface area contributed by atoms with Crippen LogP contribution in [0.2, 0.25) is 0 Å². The Morgan fingerprint density at radius 3 is 2.28 bits per heavy atom. The van der Waals surface area contributed by atoms with Crippen LogP contribution in [-0.2, 0) is 17.6 Å². The number of aliphatic carboxylic acids is 1. The molecule has 0 atom stereocenters. The van der Waals surface area contributed by atoms with Crippen LogP contribution in [0.25, 0.3) is 0 Å². The number of unbranched alkanes of at least 4 members (excludes halogenated alkanes) is 4. The van der Waals surface area contributed by atoms with E-state index in [9.17, 15) is 9.59 Å². The zero-order valence-electron chi connectivity index (χ0n) is 21.0. The van der Waals surface area contributed by atoms with Crippen LogP contribution in [0.3, 0.4) is 0 Å². The van der Waals surface area contributed by atoms with Crippen molar-refractivity contribution in [1.82, 2.24) is 5.32 Å². The van der Waals surface area contributed by atoms with Crippen molar-refractivity contribution in [2.24, 2.45) is 0 Å². The number of benzene rings is 3. The second-order valence-corrected chi connectivity index (χ2v) is 10.00. The van der Waals surface area contributed by atoms with E-state index in [0.29, 0.717) is 13.1 Å². The van der Waals surface area contributed by atoms with Gasteiger partial charge in [0.05, 0.1) is 6.42 Å². The molecule has 190 valence electrons. The Labute approximate surface area is 218 Å². The first-order valence-corrected chi connectivity index (χ1v) is 13.5. The fraction of sp³-hybridized carbons (Fsp3) is 0.333. The van der Waals surface area contributed by atoms with E-state index in [1.54, 1.807) is 11.8 Å². The minimum atomic E-state index is -0.841. The molecule has 2 N–H and O–H groups in total. The molecule has 6 heteroatoms. The number of amides is 2. The van der Waals surface area contributed by atoms with Crippen molar-refractivity contribution in [2.75, 3.05) is 18.0 Å². The highest BCUT2D eigenvalue weighted by Gasteiger charge is 2.16. The Bertz CT molecular complexity index is 1100. The van der Waals surface area contributed by atoms with E-state index in [4.69, 9.17) is 5.11 Å². The van der Waals surface area contributed by atoms with Gasteiger partial charge in [-0.15, -0.1) is 0 Å². The molecule has 0 saturated carbocycles. The first-order valence-electron chi connectivity index (χ1n) is 12.7. The van der Waals surface area contributed by atoms with Gasteiger partial charge in [-0.2, -0.15) is 0 Å². The summed E-state index contributed by atoms with van der Waals surface area (Å²) in [6, 6.07) is 25.7.